The van der Waals surface area contributed by atoms with Crippen molar-refractivity contribution in [2.45, 2.75) is 20.3 Å². The fourth-order valence-corrected chi connectivity index (χ4v) is 3.32. The van der Waals surface area contributed by atoms with Gasteiger partial charge in [-0.3, -0.25) is 0 Å². The van der Waals surface area contributed by atoms with E-state index in [1.807, 2.05) is 38.1 Å². The molecule has 0 N–H and O–H groups in total. The molecule has 0 aliphatic heterocycles. The molecule has 0 aliphatic rings. The van der Waals surface area contributed by atoms with E-state index in [0.717, 1.165) is 50.8 Å². The minimum absolute atomic E-state index is 0.325. The molecule has 25 heavy (non-hydrogen) atoms. The Kier molecular flexibility index (Phi) is 3.61. The standard InChI is InChI=1S/C21H18O4/c1-4-13-9-19(22)25-21-12(2)20-17(10-16(13)21)18(11-24-20)14-5-7-15(23-3)8-6-14/h5-11H,4H2,1-3H3. The fraction of sp³-hybridized carbons (Fsp3) is 0.190. The number of fused-ring (bicyclic) bond motifs is 2. The summed E-state index contributed by atoms with van der Waals surface area (Å²) in [4.78, 5) is 11.8. The van der Waals surface area contributed by atoms with E-state index >= 15 is 0 Å². The Morgan fingerprint density at radius 3 is 2.48 bits per heavy atom. The van der Waals surface area contributed by atoms with Crippen molar-refractivity contribution in [3.8, 4) is 16.9 Å². The maximum absolute atomic E-state index is 11.8. The molecule has 0 atom stereocenters. The quantitative estimate of drug-likeness (QED) is 0.490. The van der Waals surface area contributed by atoms with E-state index in [1.54, 1.807) is 19.4 Å². The van der Waals surface area contributed by atoms with Crippen LogP contribution in [-0.2, 0) is 6.42 Å². The number of benzene rings is 2. The molecule has 4 heteroatoms. The smallest absolute Gasteiger partial charge is 0.336 e. The first-order valence-electron chi connectivity index (χ1n) is 8.24. The number of aryl methyl sites for hydroxylation is 2. The second-order valence-corrected chi connectivity index (χ2v) is 6.08. The van der Waals surface area contributed by atoms with Crippen molar-refractivity contribution in [1.29, 1.82) is 0 Å². The lowest BCUT2D eigenvalue weighted by Gasteiger charge is -2.07. The first-order valence-corrected chi connectivity index (χ1v) is 8.24. The van der Waals surface area contributed by atoms with Gasteiger partial charge in [-0.1, -0.05) is 19.1 Å². The van der Waals surface area contributed by atoms with Crippen molar-refractivity contribution >= 4 is 21.9 Å². The molecule has 0 unspecified atom stereocenters. The SMILES string of the molecule is CCc1cc(=O)oc2c(C)c3occ(-c4ccc(OC)cc4)c3cc12. The fourth-order valence-electron chi connectivity index (χ4n) is 3.32. The minimum atomic E-state index is -0.325. The number of furan rings is 1. The van der Waals surface area contributed by atoms with Crippen molar-refractivity contribution in [3.63, 3.8) is 0 Å². The largest absolute Gasteiger partial charge is 0.497 e. The van der Waals surface area contributed by atoms with Crippen molar-refractivity contribution in [3.05, 3.63) is 64.2 Å². The van der Waals surface area contributed by atoms with Crippen LogP contribution in [0.5, 0.6) is 5.75 Å². The number of methoxy groups -OCH3 is 1. The van der Waals surface area contributed by atoms with E-state index in [2.05, 4.69) is 6.07 Å². The summed E-state index contributed by atoms with van der Waals surface area (Å²) >= 11 is 0. The summed E-state index contributed by atoms with van der Waals surface area (Å²) < 4.78 is 16.5. The second kappa shape index (κ2) is 5.81. The molecule has 0 aliphatic carbocycles. The molecular weight excluding hydrogens is 316 g/mol. The Balaban J connectivity index is 2.03. The van der Waals surface area contributed by atoms with Crippen LogP contribution in [0.2, 0.25) is 0 Å². The minimum Gasteiger partial charge on any atom is -0.497 e. The monoisotopic (exact) mass is 334 g/mol. The van der Waals surface area contributed by atoms with Crippen molar-refractivity contribution in [2.24, 2.45) is 0 Å². The molecule has 0 saturated carbocycles. The molecule has 2 heterocycles. The third-order valence-corrected chi connectivity index (χ3v) is 4.67. The number of rotatable bonds is 3. The number of ether oxygens (including phenoxy) is 1. The highest BCUT2D eigenvalue weighted by molar-refractivity contribution is 6.04. The molecule has 0 radical (unpaired) electrons. The van der Waals surface area contributed by atoms with Gasteiger partial charge >= 0.3 is 5.63 Å². The maximum atomic E-state index is 11.8. The van der Waals surface area contributed by atoms with Gasteiger partial charge in [-0.05, 0) is 42.7 Å². The van der Waals surface area contributed by atoms with Crippen LogP contribution >= 0.6 is 0 Å². The Hall–Kier alpha value is -3.01. The molecule has 4 rings (SSSR count). The van der Waals surface area contributed by atoms with Crippen molar-refractivity contribution in [1.82, 2.24) is 0 Å². The van der Waals surface area contributed by atoms with Crippen molar-refractivity contribution in [2.75, 3.05) is 7.11 Å². The van der Waals surface area contributed by atoms with Gasteiger partial charge in [-0.25, -0.2) is 4.79 Å². The normalized spacial score (nSPS) is 11.3. The molecule has 0 amide bonds. The average molecular weight is 334 g/mol. The van der Waals surface area contributed by atoms with Gasteiger partial charge in [0.25, 0.3) is 0 Å². The van der Waals surface area contributed by atoms with E-state index in [1.165, 1.54) is 0 Å². The van der Waals surface area contributed by atoms with Crippen LogP contribution in [0.25, 0.3) is 33.1 Å². The molecule has 0 spiro atoms. The van der Waals surface area contributed by atoms with Gasteiger partial charge in [-0.2, -0.15) is 0 Å². The van der Waals surface area contributed by atoms with E-state index in [-0.39, 0.29) is 5.63 Å². The summed E-state index contributed by atoms with van der Waals surface area (Å²) in [6.07, 6.45) is 2.52. The second-order valence-electron chi connectivity index (χ2n) is 6.08. The first kappa shape index (κ1) is 15.5. The Labute approximate surface area is 144 Å². The summed E-state index contributed by atoms with van der Waals surface area (Å²) in [7, 11) is 1.65. The summed E-state index contributed by atoms with van der Waals surface area (Å²) in [5.74, 6) is 0.813. The molecule has 2 aromatic carbocycles. The molecule has 0 bridgehead atoms. The molecule has 4 aromatic rings. The third-order valence-electron chi connectivity index (χ3n) is 4.67. The number of hydrogen-bond acceptors (Lipinski definition) is 4. The zero-order valence-electron chi connectivity index (χ0n) is 14.4. The van der Waals surface area contributed by atoms with Crippen LogP contribution < -0.4 is 10.4 Å². The molecule has 2 aromatic heterocycles. The van der Waals surface area contributed by atoms with Crippen LogP contribution in [0.4, 0.5) is 0 Å². The zero-order valence-corrected chi connectivity index (χ0v) is 14.4. The third kappa shape index (κ3) is 2.41. The van der Waals surface area contributed by atoms with E-state index < -0.39 is 0 Å². The lowest BCUT2D eigenvalue weighted by Crippen LogP contribution is -2.01. The van der Waals surface area contributed by atoms with Crippen LogP contribution in [0.15, 0.2) is 56.3 Å². The van der Waals surface area contributed by atoms with Gasteiger partial charge in [0.2, 0.25) is 0 Å². The van der Waals surface area contributed by atoms with E-state index in [9.17, 15) is 4.79 Å². The van der Waals surface area contributed by atoms with Crippen LogP contribution in [-0.4, -0.2) is 7.11 Å². The molecule has 4 nitrogen and oxygen atoms in total. The summed E-state index contributed by atoms with van der Waals surface area (Å²) in [6, 6.07) is 11.5. The summed E-state index contributed by atoms with van der Waals surface area (Å²) in [6.45, 7) is 3.96. The van der Waals surface area contributed by atoms with Gasteiger partial charge in [0.05, 0.1) is 13.4 Å². The van der Waals surface area contributed by atoms with Crippen LogP contribution in [0, 0.1) is 6.92 Å². The zero-order chi connectivity index (χ0) is 17.6. The first-order chi connectivity index (χ1) is 12.1. The van der Waals surface area contributed by atoms with Gasteiger partial charge in [-0.15, -0.1) is 0 Å². The highest BCUT2D eigenvalue weighted by atomic mass is 16.5. The predicted octanol–water partition coefficient (Wildman–Crippen LogP) is 5.09. The van der Waals surface area contributed by atoms with Crippen LogP contribution in [0.3, 0.4) is 0 Å². The molecule has 126 valence electrons. The van der Waals surface area contributed by atoms with Gasteiger partial charge in [0.1, 0.15) is 16.9 Å². The lowest BCUT2D eigenvalue weighted by atomic mass is 9.98. The summed E-state index contributed by atoms with van der Waals surface area (Å²) in [5.41, 5.74) is 4.92. The highest BCUT2D eigenvalue weighted by Gasteiger charge is 2.16. The van der Waals surface area contributed by atoms with Gasteiger partial charge in [0, 0.05) is 28.0 Å². The van der Waals surface area contributed by atoms with Gasteiger partial charge in [0.15, 0.2) is 0 Å². The highest BCUT2D eigenvalue weighted by Crippen LogP contribution is 2.37. The number of hydrogen-bond donors (Lipinski definition) is 0. The molecule has 0 saturated heterocycles. The molecular formula is C21H18O4. The predicted molar refractivity (Wildman–Crippen MR) is 98.4 cm³/mol. The lowest BCUT2D eigenvalue weighted by molar-refractivity contribution is 0.415. The Morgan fingerprint density at radius 1 is 1.04 bits per heavy atom. The maximum Gasteiger partial charge on any atom is 0.336 e. The Morgan fingerprint density at radius 2 is 1.80 bits per heavy atom. The van der Waals surface area contributed by atoms with Gasteiger partial charge < -0.3 is 13.6 Å². The van der Waals surface area contributed by atoms with E-state index in [4.69, 9.17) is 13.6 Å². The summed E-state index contributed by atoms with van der Waals surface area (Å²) in [5, 5.41) is 1.97. The topological polar surface area (TPSA) is 52.6 Å². The van der Waals surface area contributed by atoms with E-state index in [0.29, 0.717) is 5.58 Å². The Bertz CT molecular complexity index is 1130. The van der Waals surface area contributed by atoms with Crippen LogP contribution in [0.1, 0.15) is 18.1 Å². The average Bonchev–Trinajstić information content (AvgIpc) is 3.06. The van der Waals surface area contributed by atoms with Crippen molar-refractivity contribution < 1.29 is 13.6 Å². The molecule has 0 fully saturated rings.